The molecular weight excluding hydrogens is 276 g/mol. The predicted octanol–water partition coefficient (Wildman–Crippen LogP) is 2.48. The van der Waals surface area contributed by atoms with Gasteiger partial charge in [0.15, 0.2) is 0 Å². The van der Waals surface area contributed by atoms with Crippen molar-refractivity contribution in [1.82, 2.24) is 10.3 Å². The van der Waals surface area contributed by atoms with E-state index < -0.39 is 0 Å². The van der Waals surface area contributed by atoms with Crippen molar-refractivity contribution in [2.24, 2.45) is 5.92 Å². The number of Topliss-reactive ketones (excluding diaryl/α,β-unsaturated/α-hetero) is 1. The Balaban J connectivity index is 0.00000200. The molecule has 0 aliphatic carbocycles. The van der Waals surface area contributed by atoms with Gasteiger partial charge in [0.25, 0.3) is 0 Å². The Bertz CT molecular complexity index is 381. The third-order valence-electron chi connectivity index (χ3n) is 3.48. The summed E-state index contributed by atoms with van der Waals surface area (Å²) in [7, 11) is 0. The van der Waals surface area contributed by atoms with Crippen LogP contribution in [0.5, 0.6) is 0 Å². The summed E-state index contributed by atoms with van der Waals surface area (Å²) in [4.78, 5) is 15.7. The zero-order chi connectivity index (χ0) is 13.3. The number of hydrogen-bond acceptors (Lipinski definition) is 4. The fraction of sp³-hybridized carbons (Fsp3) is 0.600. The normalized spacial score (nSPS) is 18.3. The second kappa shape index (κ2) is 9.86. The zero-order valence-electron chi connectivity index (χ0n) is 11.7. The molecular formula is C15H23ClN2O2. The number of pyridine rings is 1. The van der Waals surface area contributed by atoms with Gasteiger partial charge >= 0.3 is 0 Å². The summed E-state index contributed by atoms with van der Waals surface area (Å²) in [5.41, 5.74) is 0.485. The first kappa shape index (κ1) is 17.1. The van der Waals surface area contributed by atoms with Gasteiger partial charge < -0.3 is 10.1 Å². The maximum Gasteiger partial charge on any atom is 0.206 e. The number of ether oxygens (including phenoxy) is 1. The Kier molecular flexibility index (Phi) is 8.42. The minimum Gasteiger partial charge on any atom is -0.373 e. The molecule has 112 valence electrons. The molecule has 0 radical (unpaired) electrons. The standard InChI is InChI=1S/C15H22N2O2.ClH/c18-15(14-7-1-2-9-17-14)12-19-10-4-6-13-5-3-8-16-11-13;/h1-2,7,9,13,16H,3-6,8,10-12H2;1H. The molecule has 0 spiro atoms. The Hall–Kier alpha value is -0.970. The highest BCUT2D eigenvalue weighted by atomic mass is 35.5. The van der Waals surface area contributed by atoms with Crippen molar-refractivity contribution in [2.45, 2.75) is 25.7 Å². The van der Waals surface area contributed by atoms with Gasteiger partial charge in [0, 0.05) is 12.8 Å². The van der Waals surface area contributed by atoms with E-state index in [0.717, 1.165) is 25.4 Å². The lowest BCUT2D eigenvalue weighted by Crippen LogP contribution is -2.29. The summed E-state index contributed by atoms with van der Waals surface area (Å²) < 4.78 is 5.43. The van der Waals surface area contributed by atoms with Crippen molar-refractivity contribution in [2.75, 3.05) is 26.3 Å². The smallest absolute Gasteiger partial charge is 0.206 e. The number of aromatic nitrogens is 1. The van der Waals surface area contributed by atoms with Crippen molar-refractivity contribution in [3.8, 4) is 0 Å². The van der Waals surface area contributed by atoms with E-state index in [2.05, 4.69) is 10.3 Å². The van der Waals surface area contributed by atoms with Crippen molar-refractivity contribution in [3.05, 3.63) is 30.1 Å². The maximum absolute atomic E-state index is 11.7. The van der Waals surface area contributed by atoms with Gasteiger partial charge in [-0.2, -0.15) is 0 Å². The van der Waals surface area contributed by atoms with Crippen LogP contribution in [0.15, 0.2) is 24.4 Å². The molecule has 1 saturated heterocycles. The lowest BCUT2D eigenvalue weighted by atomic mass is 9.95. The Morgan fingerprint density at radius 2 is 2.35 bits per heavy atom. The summed E-state index contributed by atoms with van der Waals surface area (Å²) in [5.74, 6) is 0.740. The van der Waals surface area contributed by atoms with Gasteiger partial charge in [-0.3, -0.25) is 9.78 Å². The average Bonchev–Trinajstić information content (AvgIpc) is 2.49. The Labute approximate surface area is 126 Å². The highest BCUT2D eigenvalue weighted by molar-refractivity contribution is 5.95. The zero-order valence-corrected chi connectivity index (χ0v) is 12.5. The number of carbonyl (C=O) groups is 1. The maximum atomic E-state index is 11.7. The van der Waals surface area contributed by atoms with Crippen LogP contribution in [0.25, 0.3) is 0 Å². The predicted molar refractivity (Wildman–Crippen MR) is 81.5 cm³/mol. The summed E-state index contributed by atoms with van der Waals surface area (Å²) >= 11 is 0. The summed E-state index contributed by atoms with van der Waals surface area (Å²) in [5, 5.41) is 3.41. The van der Waals surface area contributed by atoms with Crippen LogP contribution in [0.3, 0.4) is 0 Å². The summed E-state index contributed by atoms with van der Waals surface area (Å²) in [6, 6.07) is 5.34. The van der Waals surface area contributed by atoms with Gasteiger partial charge in [-0.25, -0.2) is 0 Å². The van der Waals surface area contributed by atoms with E-state index in [4.69, 9.17) is 4.74 Å². The van der Waals surface area contributed by atoms with Gasteiger partial charge in [0.2, 0.25) is 5.78 Å². The average molecular weight is 299 g/mol. The fourth-order valence-electron chi connectivity index (χ4n) is 2.41. The number of ketones is 1. The monoisotopic (exact) mass is 298 g/mol. The van der Waals surface area contributed by atoms with Crippen LogP contribution in [0, 0.1) is 5.92 Å². The molecule has 0 saturated carbocycles. The molecule has 4 nitrogen and oxygen atoms in total. The first-order chi connectivity index (χ1) is 9.36. The molecule has 0 aromatic carbocycles. The molecule has 0 bridgehead atoms. The molecule has 1 aliphatic heterocycles. The first-order valence-corrected chi connectivity index (χ1v) is 7.09. The molecule has 1 atom stereocenters. The van der Waals surface area contributed by atoms with Crippen LogP contribution < -0.4 is 5.32 Å². The number of nitrogens with zero attached hydrogens (tertiary/aromatic N) is 1. The number of piperidine rings is 1. The largest absolute Gasteiger partial charge is 0.373 e. The molecule has 1 aromatic heterocycles. The van der Waals surface area contributed by atoms with Gasteiger partial charge in [0.05, 0.1) is 0 Å². The van der Waals surface area contributed by atoms with Gasteiger partial charge in [0.1, 0.15) is 12.3 Å². The molecule has 1 N–H and O–H groups in total. The lowest BCUT2D eigenvalue weighted by molar-refractivity contribution is 0.0740. The fourth-order valence-corrected chi connectivity index (χ4v) is 2.41. The minimum absolute atomic E-state index is 0. The highest BCUT2D eigenvalue weighted by Crippen LogP contribution is 2.15. The van der Waals surface area contributed by atoms with Crippen molar-refractivity contribution in [3.63, 3.8) is 0 Å². The molecule has 1 unspecified atom stereocenters. The number of carbonyl (C=O) groups excluding carboxylic acids is 1. The van der Waals surface area contributed by atoms with Gasteiger partial charge in [-0.15, -0.1) is 12.4 Å². The molecule has 1 aromatic rings. The lowest BCUT2D eigenvalue weighted by Gasteiger charge is -2.22. The topological polar surface area (TPSA) is 51.2 Å². The van der Waals surface area contributed by atoms with Crippen molar-refractivity contribution in [1.29, 1.82) is 0 Å². The van der Waals surface area contributed by atoms with E-state index >= 15 is 0 Å². The van der Waals surface area contributed by atoms with E-state index in [1.165, 1.54) is 19.3 Å². The SMILES string of the molecule is Cl.O=C(COCCCC1CCCNC1)c1ccccn1. The van der Waals surface area contributed by atoms with Gasteiger partial charge in [-0.05, 0) is 56.8 Å². The van der Waals surface area contributed by atoms with Crippen LogP contribution in [-0.4, -0.2) is 37.1 Å². The number of hydrogen-bond donors (Lipinski definition) is 1. The molecule has 20 heavy (non-hydrogen) atoms. The first-order valence-electron chi connectivity index (χ1n) is 7.09. The van der Waals surface area contributed by atoms with Crippen molar-refractivity contribution >= 4 is 18.2 Å². The molecule has 5 heteroatoms. The number of halogens is 1. The molecule has 2 rings (SSSR count). The minimum atomic E-state index is -0.0417. The summed E-state index contributed by atoms with van der Waals surface area (Å²) in [6.07, 6.45) is 6.44. The van der Waals surface area contributed by atoms with E-state index in [1.807, 2.05) is 6.07 Å². The molecule has 1 aliphatic rings. The molecule has 1 fully saturated rings. The Morgan fingerprint density at radius 3 is 3.05 bits per heavy atom. The number of nitrogens with one attached hydrogen (secondary N) is 1. The van der Waals surface area contributed by atoms with E-state index in [0.29, 0.717) is 12.3 Å². The molecule has 0 amide bonds. The van der Waals surface area contributed by atoms with E-state index in [9.17, 15) is 4.79 Å². The van der Waals surface area contributed by atoms with E-state index in [1.54, 1.807) is 18.3 Å². The molecule has 2 heterocycles. The quantitative estimate of drug-likeness (QED) is 0.621. The van der Waals surface area contributed by atoms with Crippen LogP contribution in [0.4, 0.5) is 0 Å². The van der Waals surface area contributed by atoms with Gasteiger partial charge in [-0.1, -0.05) is 6.07 Å². The second-order valence-corrected chi connectivity index (χ2v) is 5.05. The van der Waals surface area contributed by atoms with E-state index in [-0.39, 0.29) is 24.8 Å². The van der Waals surface area contributed by atoms with Crippen LogP contribution in [0.2, 0.25) is 0 Å². The van der Waals surface area contributed by atoms with Crippen LogP contribution in [-0.2, 0) is 4.74 Å². The van der Waals surface area contributed by atoms with Crippen LogP contribution in [0.1, 0.15) is 36.2 Å². The summed E-state index contributed by atoms with van der Waals surface area (Å²) in [6.45, 7) is 3.09. The third kappa shape index (κ3) is 5.99. The second-order valence-electron chi connectivity index (χ2n) is 5.05. The highest BCUT2D eigenvalue weighted by Gasteiger charge is 2.12. The Morgan fingerprint density at radius 1 is 1.45 bits per heavy atom. The van der Waals surface area contributed by atoms with Crippen LogP contribution >= 0.6 is 12.4 Å². The third-order valence-corrected chi connectivity index (χ3v) is 3.48. The van der Waals surface area contributed by atoms with Crippen molar-refractivity contribution < 1.29 is 9.53 Å². The number of rotatable bonds is 7.